The number of hydrogen-bond donors (Lipinski definition) is 1. The Morgan fingerprint density at radius 2 is 1.44 bits per heavy atom. The maximum absolute atomic E-state index is 5.99. The topological polar surface area (TPSA) is 26.0 Å². The third kappa shape index (κ3) is 1.94. The number of anilines is 1. The molecule has 0 unspecified atom stereocenters. The highest BCUT2D eigenvalue weighted by atomic mass is 14.6. The predicted octanol–water partition coefficient (Wildman–Crippen LogP) is 3.86. The lowest BCUT2D eigenvalue weighted by Gasteiger charge is -2.09. The average Bonchev–Trinajstić information content (AvgIpc) is 2.26. The maximum Gasteiger partial charge on any atom is 0.0352 e. The smallest absolute Gasteiger partial charge is 0.0352 e. The fourth-order valence-corrected chi connectivity index (χ4v) is 1.80. The first-order valence-corrected chi connectivity index (χ1v) is 5.51. The fourth-order valence-electron chi connectivity index (χ4n) is 1.80. The molecule has 0 bridgehead atoms. The number of aryl methyl sites for hydroxylation is 2. The second-order valence-electron chi connectivity index (χ2n) is 4.37. The molecule has 2 rings (SSSR count). The summed E-state index contributed by atoms with van der Waals surface area (Å²) in [6, 6.07) is 12.8. The molecule has 0 spiro atoms. The molecule has 0 amide bonds. The molecule has 1 heteroatoms. The summed E-state index contributed by atoms with van der Waals surface area (Å²) < 4.78 is 0. The van der Waals surface area contributed by atoms with Crippen LogP contribution in [0.3, 0.4) is 0 Å². The van der Waals surface area contributed by atoms with Crippen molar-refractivity contribution >= 4 is 5.69 Å². The first kappa shape index (κ1) is 10.7. The van der Waals surface area contributed by atoms with E-state index < -0.39 is 0 Å². The highest BCUT2D eigenvalue weighted by Crippen LogP contribution is 2.26. The first-order chi connectivity index (χ1) is 7.58. The van der Waals surface area contributed by atoms with Crippen LogP contribution in [0, 0.1) is 20.8 Å². The summed E-state index contributed by atoms with van der Waals surface area (Å²) in [5.74, 6) is 0. The van der Waals surface area contributed by atoms with E-state index in [4.69, 9.17) is 5.73 Å². The van der Waals surface area contributed by atoms with E-state index in [9.17, 15) is 0 Å². The summed E-state index contributed by atoms with van der Waals surface area (Å²) >= 11 is 0. The van der Waals surface area contributed by atoms with Crippen LogP contribution < -0.4 is 5.73 Å². The zero-order valence-electron chi connectivity index (χ0n) is 10.0. The Kier molecular flexibility index (Phi) is 2.69. The molecule has 0 saturated heterocycles. The van der Waals surface area contributed by atoms with Gasteiger partial charge in [0, 0.05) is 5.69 Å². The third-order valence-corrected chi connectivity index (χ3v) is 3.09. The van der Waals surface area contributed by atoms with E-state index in [0.29, 0.717) is 0 Å². The van der Waals surface area contributed by atoms with Gasteiger partial charge in [-0.1, -0.05) is 35.9 Å². The van der Waals surface area contributed by atoms with Gasteiger partial charge >= 0.3 is 0 Å². The molecule has 0 saturated carbocycles. The Labute approximate surface area is 96.9 Å². The van der Waals surface area contributed by atoms with Gasteiger partial charge in [0.25, 0.3) is 0 Å². The lowest BCUT2D eigenvalue weighted by Crippen LogP contribution is -1.93. The molecule has 2 aromatic rings. The van der Waals surface area contributed by atoms with Crippen LogP contribution in [0.2, 0.25) is 0 Å². The van der Waals surface area contributed by atoms with Crippen LogP contribution >= 0.6 is 0 Å². The van der Waals surface area contributed by atoms with Gasteiger partial charge in [-0.2, -0.15) is 0 Å². The number of rotatable bonds is 1. The molecule has 0 aliphatic rings. The monoisotopic (exact) mass is 211 g/mol. The Morgan fingerprint density at radius 3 is 2.00 bits per heavy atom. The Hall–Kier alpha value is -1.76. The van der Waals surface area contributed by atoms with Gasteiger partial charge in [-0.25, -0.2) is 0 Å². The van der Waals surface area contributed by atoms with E-state index in [1.54, 1.807) is 0 Å². The number of benzene rings is 2. The van der Waals surface area contributed by atoms with Gasteiger partial charge in [0.15, 0.2) is 0 Å². The summed E-state index contributed by atoms with van der Waals surface area (Å²) in [7, 11) is 0. The van der Waals surface area contributed by atoms with Gasteiger partial charge < -0.3 is 5.73 Å². The van der Waals surface area contributed by atoms with Crippen molar-refractivity contribution < 1.29 is 0 Å². The van der Waals surface area contributed by atoms with E-state index in [1.807, 2.05) is 6.07 Å². The Bertz CT molecular complexity index is 486. The largest absolute Gasteiger partial charge is 0.398 e. The molecule has 0 fully saturated rings. The number of nitrogens with two attached hydrogens (primary N) is 1. The van der Waals surface area contributed by atoms with Crippen molar-refractivity contribution in [2.45, 2.75) is 20.8 Å². The van der Waals surface area contributed by atoms with Crippen molar-refractivity contribution in [3.8, 4) is 11.1 Å². The van der Waals surface area contributed by atoms with Crippen LogP contribution in [-0.2, 0) is 0 Å². The first-order valence-electron chi connectivity index (χ1n) is 5.51. The Balaban J connectivity index is 2.52. The Morgan fingerprint density at radius 1 is 0.812 bits per heavy atom. The highest BCUT2D eigenvalue weighted by molar-refractivity contribution is 5.70. The zero-order valence-corrected chi connectivity index (χ0v) is 10.0. The highest BCUT2D eigenvalue weighted by Gasteiger charge is 2.03. The molecule has 16 heavy (non-hydrogen) atoms. The van der Waals surface area contributed by atoms with E-state index in [-0.39, 0.29) is 0 Å². The molecular formula is C15H17N. The van der Waals surface area contributed by atoms with Crippen molar-refractivity contribution in [2.24, 2.45) is 0 Å². The molecule has 0 radical (unpaired) electrons. The van der Waals surface area contributed by atoms with Crippen molar-refractivity contribution in [3.63, 3.8) is 0 Å². The molecule has 0 aliphatic carbocycles. The van der Waals surface area contributed by atoms with E-state index in [1.165, 1.54) is 27.8 Å². The van der Waals surface area contributed by atoms with Crippen LogP contribution in [0.15, 0.2) is 36.4 Å². The number of hydrogen-bond acceptors (Lipinski definition) is 1. The molecule has 0 heterocycles. The van der Waals surface area contributed by atoms with Crippen molar-refractivity contribution in [3.05, 3.63) is 53.1 Å². The molecule has 2 N–H and O–H groups in total. The summed E-state index contributed by atoms with van der Waals surface area (Å²) in [6.07, 6.45) is 0. The quantitative estimate of drug-likeness (QED) is 0.712. The maximum atomic E-state index is 5.99. The van der Waals surface area contributed by atoms with E-state index in [0.717, 1.165) is 5.69 Å². The van der Waals surface area contributed by atoms with Gasteiger partial charge in [-0.05, 0) is 49.1 Å². The van der Waals surface area contributed by atoms with Crippen LogP contribution in [0.1, 0.15) is 16.7 Å². The van der Waals surface area contributed by atoms with Crippen molar-refractivity contribution in [2.75, 3.05) is 5.73 Å². The minimum absolute atomic E-state index is 0.871. The molecule has 0 atom stereocenters. The van der Waals surface area contributed by atoms with Crippen LogP contribution in [0.5, 0.6) is 0 Å². The zero-order chi connectivity index (χ0) is 11.7. The van der Waals surface area contributed by atoms with Crippen molar-refractivity contribution in [1.29, 1.82) is 0 Å². The molecule has 0 aromatic heterocycles. The minimum atomic E-state index is 0.871. The minimum Gasteiger partial charge on any atom is -0.398 e. The average molecular weight is 211 g/mol. The van der Waals surface area contributed by atoms with Gasteiger partial charge in [-0.3, -0.25) is 0 Å². The second-order valence-corrected chi connectivity index (χ2v) is 4.37. The molecule has 2 aromatic carbocycles. The summed E-state index contributed by atoms with van der Waals surface area (Å²) in [5, 5.41) is 0. The van der Waals surface area contributed by atoms with Gasteiger partial charge in [0.1, 0.15) is 0 Å². The summed E-state index contributed by atoms with van der Waals surface area (Å²) in [5.41, 5.74) is 13.0. The molecule has 0 aliphatic heterocycles. The summed E-state index contributed by atoms with van der Waals surface area (Å²) in [4.78, 5) is 0. The lowest BCUT2D eigenvalue weighted by molar-refractivity contribution is 1.34. The molecule has 82 valence electrons. The van der Waals surface area contributed by atoms with E-state index >= 15 is 0 Å². The van der Waals surface area contributed by atoms with Crippen LogP contribution in [0.25, 0.3) is 11.1 Å². The molecule has 1 nitrogen and oxygen atoms in total. The fraction of sp³-hybridized carbons (Fsp3) is 0.200. The number of nitrogen functional groups attached to an aromatic ring is 1. The van der Waals surface area contributed by atoms with Gasteiger partial charge in [-0.15, -0.1) is 0 Å². The lowest BCUT2D eigenvalue weighted by atomic mass is 9.98. The SMILES string of the molecule is Cc1ccc(-c2cc(C)c(C)c(N)c2)cc1. The third-order valence-electron chi connectivity index (χ3n) is 3.09. The standard InChI is InChI=1S/C15H17N/c1-10-4-6-13(7-5-10)14-8-11(2)12(3)15(16)9-14/h4-9H,16H2,1-3H3. The van der Waals surface area contributed by atoms with Crippen molar-refractivity contribution in [1.82, 2.24) is 0 Å². The van der Waals surface area contributed by atoms with Crippen LogP contribution in [-0.4, -0.2) is 0 Å². The normalized spacial score (nSPS) is 10.4. The van der Waals surface area contributed by atoms with Gasteiger partial charge in [0.2, 0.25) is 0 Å². The van der Waals surface area contributed by atoms with E-state index in [2.05, 4.69) is 51.1 Å². The van der Waals surface area contributed by atoms with Crippen LogP contribution in [0.4, 0.5) is 5.69 Å². The second kappa shape index (κ2) is 4.01. The summed E-state index contributed by atoms with van der Waals surface area (Å²) in [6.45, 7) is 6.26. The molecular weight excluding hydrogens is 194 g/mol. The van der Waals surface area contributed by atoms with Gasteiger partial charge in [0.05, 0.1) is 0 Å². The predicted molar refractivity (Wildman–Crippen MR) is 70.5 cm³/mol.